The zero-order valence-electron chi connectivity index (χ0n) is 9.52. The molecule has 0 fully saturated rings. The van der Waals surface area contributed by atoms with Gasteiger partial charge in [-0.05, 0) is 23.8 Å². The number of ether oxygens (including phenoxy) is 1. The van der Waals surface area contributed by atoms with E-state index in [1.807, 2.05) is 24.1 Å². The minimum Gasteiger partial charge on any atom is -0.493 e. The zero-order valence-corrected chi connectivity index (χ0v) is 9.52. The highest BCUT2D eigenvalue weighted by molar-refractivity contribution is 5.53. The normalized spacial score (nSPS) is 15.4. The summed E-state index contributed by atoms with van der Waals surface area (Å²) in [5.41, 5.74) is 7.73. The van der Waals surface area contributed by atoms with Gasteiger partial charge in [-0.2, -0.15) is 0 Å². The predicted molar refractivity (Wildman–Crippen MR) is 64.0 cm³/mol. The molecule has 88 valence electrons. The molecule has 1 aromatic rings. The number of rotatable bonds is 4. The minimum absolute atomic E-state index is 0.290. The second kappa shape index (κ2) is 4.72. The number of nitrogens with zero attached hydrogens (tertiary/aromatic N) is 1. The first-order chi connectivity index (χ1) is 7.70. The molecule has 0 spiro atoms. The molecule has 0 saturated carbocycles. The van der Waals surface area contributed by atoms with Crippen molar-refractivity contribution in [1.29, 1.82) is 0 Å². The maximum atomic E-state index is 9.49. The fourth-order valence-electron chi connectivity index (χ4n) is 1.91. The van der Waals surface area contributed by atoms with Crippen LogP contribution in [0.3, 0.4) is 0 Å². The summed E-state index contributed by atoms with van der Waals surface area (Å²) in [5, 5.41) is 9.49. The molecule has 1 aliphatic heterocycles. The molecule has 2 rings (SSSR count). The van der Waals surface area contributed by atoms with Gasteiger partial charge in [-0.3, -0.25) is 0 Å². The van der Waals surface area contributed by atoms with E-state index in [2.05, 4.69) is 6.07 Å². The number of likely N-dealkylation sites (N-methyl/N-ethyl adjacent to an activating group) is 1. The minimum atomic E-state index is -0.477. The van der Waals surface area contributed by atoms with Gasteiger partial charge < -0.3 is 20.5 Å². The van der Waals surface area contributed by atoms with E-state index in [1.54, 1.807) is 0 Å². The summed E-state index contributed by atoms with van der Waals surface area (Å²) in [5.74, 6) is 0.983. The van der Waals surface area contributed by atoms with Gasteiger partial charge in [0.1, 0.15) is 5.75 Å². The van der Waals surface area contributed by atoms with E-state index in [9.17, 15) is 5.11 Å². The lowest BCUT2D eigenvalue weighted by molar-refractivity contribution is 0.189. The van der Waals surface area contributed by atoms with Crippen molar-refractivity contribution in [2.45, 2.75) is 12.5 Å². The number of benzene rings is 1. The van der Waals surface area contributed by atoms with Gasteiger partial charge in [-0.25, -0.2) is 0 Å². The number of aliphatic hydroxyl groups is 1. The van der Waals surface area contributed by atoms with Gasteiger partial charge in [-0.1, -0.05) is 0 Å². The standard InChI is InChI=1S/C12H18N2O2/c1-14(8-11(15)7-13)10-2-3-12-9(6-10)4-5-16-12/h2-3,6,11,15H,4-5,7-8,13H2,1H3. The molecular weight excluding hydrogens is 204 g/mol. The number of nitrogens with two attached hydrogens (primary N) is 1. The van der Waals surface area contributed by atoms with Crippen LogP contribution in [0.25, 0.3) is 0 Å². The number of anilines is 1. The highest BCUT2D eigenvalue weighted by Gasteiger charge is 2.14. The molecule has 1 aromatic carbocycles. The summed E-state index contributed by atoms with van der Waals surface area (Å²) in [7, 11) is 1.95. The third-order valence-corrected chi connectivity index (χ3v) is 2.87. The van der Waals surface area contributed by atoms with Crippen molar-refractivity contribution in [3.8, 4) is 5.75 Å². The van der Waals surface area contributed by atoms with E-state index in [1.165, 1.54) is 5.56 Å². The van der Waals surface area contributed by atoms with Gasteiger partial charge in [0, 0.05) is 32.2 Å². The molecule has 1 atom stereocenters. The molecular formula is C12H18N2O2. The van der Waals surface area contributed by atoms with Crippen LogP contribution in [0.15, 0.2) is 18.2 Å². The summed E-state index contributed by atoms with van der Waals surface area (Å²) in [6, 6.07) is 6.11. The van der Waals surface area contributed by atoms with Crippen molar-refractivity contribution < 1.29 is 9.84 Å². The van der Waals surface area contributed by atoms with Crippen LogP contribution in [0.5, 0.6) is 5.75 Å². The maximum Gasteiger partial charge on any atom is 0.122 e. The Morgan fingerprint density at radius 2 is 2.38 bits per heavy atom. The Morgan fingerprint density at radius 3 is 3.12 bits per heavy atom. The first-order valence-electron chi connectivity index (χ1n) is 5.55. The molecule has 0 saturated heterocycles. The topological polar surface area (TPSA) is 58.7 Å². The van der Waals surface area contributed by atoms with Crippen LogP contribution in [0.1, 0.15) is 5.56 Å². The molecule has 3 N–H and O–H groups in total. The van der Waals surface area contributed by atoms with E-state index in [0.717, 1.165) is 24.5 Å². The van der Waals surface area contributed by atoms with Crippen molar-refractivity contribution in [2.75, 3.05) is 31.6 Å². The van der Waals surface area contributed by atoms with Gasteiger partial charge in [0.15, 0.2) is 0 Å². The molecule has 4 nitrogen and oxygen atoms in total. The monoisotopic (exact) mass is 222 g/mol. The lowest BCUT2D eigenvalue weighted by Gasteiger charge is -2.22. The summed E-state index contributed by atoms with van der Waals surface area (Å²) >= 11 is 0. The molecule has 0 aliphatic carbocycles. The largest absolute Gasteiger partial charge is 0.493 e. The van der Waals surface area contributed by atoms with E-state index in [4.69, 9.17) is 10.5 Å². The van der Waals surface area contributed by atoms with Crippen LogP contribution in [-0.2, 0) is 6.42 Å². The van der Waals surface area contributed by atoms with Gasteiger partial charge >= 0.3 is 0 Å². The number of fused-ring (bicyclic) bond motifs is 1. The Hall–Kier alpha value is -1.26. The Balaban J connectivity index is 2.09. The van der Waals surface area contributed by atoms with E-state index in [-0.39, 0.29) is 0 Å². The Labute approximate surface area is 95.6 Å². The molecule has 0 radical (unpaired) electrons. The van der Waals surface area contributed by atoms with Crippen LogP contribution in [-0.4, -0.2) is 38.0 Å². The quantitative estimate of drug-likeness (QED) is 0.773. The second-order valence-corrected chi connectivity index (χ2v) is 4.16. The van der Waals surface area contributed by atoms with Crippen LogP contribution >= 0.6 is 0 Å². The van der Waals surface area contributed by atoms with Crippen molar-refractivity contribution in [3.63, 3.8) is 0 Å². The highest BCUT2D eigenvalue weighted by Crippen LogP contribution is 2.29. The van der Waals surface area contributed by atoms with Gasteiger partial charge in [0.05, 0.1) is 12.7 Å². The van der Waals surface area contributed by atoms with Gasteiger partial charge in [0.2, 0.25) is 0 Å². The number of hydrogen-bond donors (Lipinski definition) is 2. The van der Waals surface area contributed by atoms with Crippen LogP contribution in [0.2, 0.25) is 0 Å². The van der Waals surface area contributed by atoms with E-state index >= 15 is 0 Å². The van der Waals surface area contributed by atoms with Crippen LogP contribution < -0.4 is 15.4 Å². The molecule has 0 amide bonds. The summed E-state index contributed by atoms with van der Waals surface area (Å²) in [6.07, 6.45) is 0.491. The highest BCUT2D eigenvalue weighted by atomic mass is 16.5. The molecule has 1 heterocycles. The fourth-order valence-corrected chi connectivity index (χ4v) is 1.91. The molecule has 16 heavy (non-hydrogen) atoms. The van der Waals surface area contributed by atoms with Crippen molar-refractivity contribution in [2.24, 2.45) is 5.73 Å². The first-order valence-corrected chi connectivity index (χ1v) is 5.55. The average Bonchev–Trinajstić information content (AvgIpc) is 2.75. The number of hydrogen-bond acceptors (Lipinski definition) is 4. The molecule has 0 bridgehead atoms. The predicted octanol–water partition coefficient (Wildman–Crippen LogP) is 0.377. The lowest BCUT2D eigenvalue weighted by Crippen LogP contribution is -2.34. The average molecular weight is 222 g/mol. The Kier molecular flexibility index (Phi) is 3.31. The Bertz CT molecular complexity index is 368. The molecule has 1 aliphatic rings. The number of aliphatic hydroxyl groups excluding tert-OH is 1. The maximum absolute atomic E-state index is 9.49. The summed E-state index contributed by atoms with van der Waals surface area (Å²) in [6.45, 7) is 1.61. The van der Waals surface area contributed by atoms with Crippen molar-refractivity contribution in [3.05, 3.63) is 23.8 Å². The smallest absolute Gasteiger partial charge is 0.122 e. The van der Waals surface area contributed by atoms with Crippen molar-refractivity contribution >= 4 is 5.69 Å². The fraction of sp³-hybridized carbons (Fsp3) is 0.500. The summed E-state index contributed by atoms with van der Waals surface area (Å²) < 4.78 is 5.45. The first kappa shape index (κ1) is 11.2. The van der Waals surface area contributed by atoms with Gasteiger partial charge in [0.25, 0.3) is 0 Å². The van der Waals surface area contributed by atoms with Crippen LogP contribution in [0.4, 0.5) is 5.69 Å². The van der Waals surface area contributed by atoms with E-state index < -0.39 is 6.10 Å². The molecule has 4 heteroatoms. The SMILES string of the molecule is CN(CC(O)CN)c1ccc2c(c1)CCO2. The van der Waals surface area contributed by atoms with Crippen molar-refractivity contribution in [1.82, 2.24) is 0 Å². The zero-order chi connectivity index (χ0) is 11.5. The lowest BCUT2D eigenvalue weighted by atomic mass is 10.1. The third-order valence-electron chi connectivity index (χ3n) is 2.87. The molecule has 0 aromatic heterocycles. The van der Waals surface area contributed by atoms with Gasteiger partial charge in [-0.15, -0.1) is 0 Å². The summed E-state index contributed by atoms with van der Waals surface area (Å²) in [4.78, 5) is 2.01. The van der Waals surface area contributed by atoms with Crippen LogP contribution in [0, 0.1) is 0 Å². The van der Waals surface area contributed by atoms with E-state index in [0.29, 0.717) is 13.1 Å². The third kappa shape index (κ3) is 2.28. The second-order valence-electron chi connectivity index (χ2n) is 4.16. The molecule has 1 unspecified atom stereocenters. The Morgan fingerprint density at radius 1 is 1.56 bits per heavy atom.